The van der Waals surface area contributed by atoms with Gasteiger partial charge in [-0.1, -0.05) is 37.3 Å². The number of benzene rings is 1. The summed E-state index contributed by atoms with van der Waals surface area (Å²) in [6.45, 7) is 4.10. The molecule has 1 saturated carbocycles. The zero-order valence-electron chi connectivity index (χ0n) is 11.8. The second-order valence-electron chi connectivity index (χ2n) is 5.96. The van der Waals surface area contributed by atoms with Gasteiger partial charge in [-0.05, 0) is 23.6 Å². The van der Waals surface area contributed by atoms with E-state index in [9.17, 15) is 9.59 Å². The Kier molecular flexibility index (Phi) is 3.09. The quantitative estimate of drug-likeness (QED) is 0.635. The smallest absolute Gasteiger partial charge is 0.238 e. The molecular formula is C16H15ClN2O2. The molecule has 1 aromatic carbocycles. The Bertz CT molecular complexity index is 691. The maximum Gasteiger partial charge on any atom is 0.238 e. The van der Waals surface area contributed by atoms with Gasteiger partial charge in [-0.15, -0.1) is 0 Å². The van der Waals surface area contributed by atoms with Crippen LogP contribution in [0.2, 0.25) is 5.02 Å². The van der Waals surface area contributed by atoms with Gasteiger partial charge in [0, 0.05) is 10.6 Å². The average Bonchev–Trinajstić information content (AvgIpc) is 2.88. The Labute approximate surface area is 128 Å². The van der Waals surface area contributed by atoms with E-state index in [1.807, 2.05) is 13.8 Å². The molecule has 2 aliphatic rings. The molecule has 108 valence electrons. The van der Waals surface area contributed by atoms with Crippen LogP contribution in [0, 0.1) is 29.1 Å². The maximum atomic E-state index is 12.5. The highest BCUT2D eigenvalue weighted by Gasteiger charge is 2.72. The fourth-order valence-electron chi connectivity index (χ4n) is 3.13. The lowest BCUT2D eigenvalue weighted by Crippen LogP contribution is -2.36. The van der Waals surface area contributed by atoms with Crippen molar-refractivity contribution >= 4 is 29.1 Å². The minimum atomic E-state index is -0.230. The summed E-state index contributed by atoms with van der Waals surface area (Å²) in [5.74, 6) is 4.87. The van der Waals surface area contributed by atoms with E-state index in [0.717, 1.165) is 0 Å². The van der Waals surface area contributed by atoms with Crippen molar-refractivity contribution in [2.45, 2.75) is 13.8 Å². The molecule has 2 amide bonds. The van der Waals surface area contributed by atoms with Crippen LogP contribution in [0.25, 0.3) is 0 Å². The molecule has 21 heavy (non-hydrogen) atoms. The molecule has 2 N–H and O–H groups in total. The summed E-state index contributed by atoms with van der Waals surface area (Å²) in [4.78, 5) is 26.2. The second kappa shape index (κ2) is 4.59. The first kappa shape index (κ1) is 14.1. The number of fused-ring (bicyclic) bond motifs is 1. The van der Waals surface area contributed by atoms with Gasteiger partial charge in [0.1, 0.15) is 0 Å². The standard InChI is InChI=1S/C16H15ClN2O2/c1-16(2)12-13(16)15(21)19(14(12)20)11-8-10(17)6-5-9(11)4-3-7-18/h5-6,8,12-13H,7,18H2,1-2H3. The van der Waals surface area contributed by atoms with Crippen LogP contribution < -0.4 is 10.6 Å². The van der Waals surface area contributed by atoms with Gasteiger partial charge in [0.25, 0.3) is 0 Å². The van der Waals surface area contributed by atoms with Gasteiger partial charge in [0.15, 0.2) is 0 Å². The fourth-order valence-corrected chi connectivity index (χ4v) is 3.29. The molecule has 1 aliphatic carbocycles. The number of carbonyl (C=O) groups excluding carboxylic acids is 2. The van der Waals surface area contributed by atoms with E-state index in [4.69, 9.17) is 17.3 Å². The van der Waals surface area contributed by atoms with Crippen LogP contribution in [-0.2, 0) is 9.59 Å². The highest BCUT2D eigenvalue weighted by Crippen LogP contribution is 2.63. The summed E-state index contributed by atoms with van der Waals surface area (Å²) >= 11 is 6.01. The van der Waals surface area contributed by atoms with E-state index in [1.165, 1.54) is 4.90 Å². The van der Waals surface area contributed by atoms with Crippen LogP contribution in [-0.4, -0.2) is 18.4 Å². The molecule has 1 aromatic rings. The number of rotatable bonds is 1. The van der Waals surface area contributed by atoms with Gasteiger partial charge < -0.3 is 5.73 Å². The lowest BCUT2D eigenvalue weighted by molar-refractivity contribution is -0.125. The molecule has 2 unspecified atom stereocenters. The van der Waals surface area contributed by atoms with Gasteiger partial charge >= 0.3 is 0 Å². The average molecular weight is 303 g/mol. The molecule has 0 spiro atoms. The Balaban J connectivity index is 2.04. The van der Waals surface area contributed by atoms with E-state index in [2.05, 4.69) is 11.8 Å². The van der Waals surface area contributed by atoms with Crippen LogP contribution in [0.5, 0.6) is 0 Å². The third-order valence-corrected chi connectivity index (χ3v) is 4.56. The number of carbonyl (C=O) groups is 2. The van der Waals surface area contributed by atoms with Crippen molar-refractivity contribution in [1.82, 2.24) is 0 Å². The molecule has 1 heterocycles. The van der Waals surface area contributed by atoms with Crippen molar-refractivity contribution in [3.05, 3.63) is 28.8 Å². The van der Waals surface area contributed by atoms with E-state index in [0.29, 0.717) is 16.3 Å². The molecule has 4 nitrogen and oxygen atoms in total. The zero-order chi connectivity index (χ0) is 15.4. The van der Waals surface area contributed by atoms with Gasteiger partial charge in [-0.25, -0.2) is 4.90 Å². The molecule has 1 saturated heterocycles. The Morgan fingerprint density at radius 1 is 1.29 bits per heavy atom. The SMILES string of the molecule is CC1(C)C2C(=O)N(c3cc(Cl)ccc3C#CCN)C(=O)C21. The van der Waals surface area contributed by atoms with Crippen LogP contribution >= 0.6 is 11.6 Å². The first-order valence-corrected chi connectivity index (χ1v) is 7.13. The summed E-state index contributed by atoms with van der Waals surface area (Å²) in [7, 11) is 0. The first-order valence-electron chi connectivity index (χ1n) is 6.76. The third-order valence-electron chi connectivity index (χ3n) is 4.33. The van der Waals surface area contributed by atoms with E-state index < -0.39 is 0 Å². The minimum Gasteiger partial charge on any atom is -0.320 e. The Morgan fingerprint density at radius 3 is 2.48 bits per heavy atom. The van der Waals surface area contributed by atoms with E-state index in [1.54, 1.807) is 18.2 Å². The molecule has 3 rings (SSSR count). The van der Waals surface area contributed by atoms with Crippen molar-refractivity contribution in [2.24, 2.45) is 23.0 Å². The summed E-state index contributed by atoms with van der Waals surface area (Å²) in [5.41, 5.74) is 6.20. The highest BCUT2D eigenvalue weighted by molar-refractivity contribution is 6.32. The van der Waals surface area contributed by atoms with E-state index >= 15 is 0 Å². The van der Waals surface area contributed by atoms with Crippen LogP contribution in [0.3, 0.4) is 0 Å². The predicted octanol–water partition coefficient (Wildman–Crippen LogP) is 1.80. The van der Waals surface area contributed by atoms with E-state index in [-0.39, 0.29) is 35.6 Å². The molecular weight excluding hydrogens is 288 g/mol. The van der Waals surface area contributed by atoms with Crippen molar-refractivity contribution in [2.75, 3.05) is 11.4 Å². The van der Waals surface area contributed by atoms with Crippen molar-refractivity contribution < 1.29 is 9.59 Å². The monoisotopic (exact) mass is 302 g/mol. The number of piperidine rings is 1. The summed E-state index contributed by atoms with van der Waals surface area (Å²) in [5, 5.41) is 0.462. The lowest BCUT2D eigenvalue weighted by atomic mass is 10.0. The normalized spacial score (nSPS) is 25.4. The molecule has 2 fully saturated rings. The van der Waals surface area contributed by atoms with Crippen LogP contribution in [0.15, 0.2) is 18.2 Å². The van der Waals surface area contributed by atoms with Gasteiger partial charge in [-0.3, -0.25) is 9.59 Å². The second-order valence-corrected chi connectivity index (χ2v) is 6.39. The van der Waals surface area contributed by atoms with Crippen LogP contribution in [0.4, 0.5) is 5.69 Å². The number of imide groups is 1. The first-order chi connectivity index (χ1) is 9.89. The molecule has 0 bridgehead atoms. The van der Waals surface area contributed by atoms with Gasteiger partial charge in [0.2, 0.25) is 11.8 Å². The van der Waals surface area contributed by atoms with Crippen molar-refractivity contribution in [3.8, 4) is 11.8 Å². The minimum absolute atomic E-state index is 0.159. The fraction of sp³-hybridized carbons (Fsp3) is 0.375. The number of anilines is 1. The van der Waals surface area contributed by atoms with Crippen LogP contribution in [0.1, 0.15) is 19.4 Å². The summed E-state index contributed by atoms with van der Waals surface area (Å²) < 4.78 is 0. The Morgan fingerprint density at radius 2 is 1.90 bits per heavy atom. The molecule has 0 radical (unpaired) electrons. The number of halogens is 1. The predicted molar refractivity (Wildman–Crippen MR) is 80.6 cm³/mol. The maximum absolute atomic E-state index is 12.5. The zero-order valence-corrected chi connectivity index (χ0v) is 12.6. The van der Waals surface area contributed by atoms with Crippen molar-refractivity contribution in [1.29, 1.82) is 0 Å². The number of nitrogens with zero attached hydrogens (tertiary/aromatic N) is 1. The number of hydrogen-bond donors (Lipinski definition) is 1. The molecule has 1 aliphatic heterocycles. The lowest BCUT2D eigenvalue weighted by Gasteiger charge is -2.22. The van der Waals surface area contributed by atoms with Gasteiger partial charge in [-0.2, -0.15) is 0 Å². The number of nitrogens with two attached hydrogens (primary N) is 1. The molecule has 5 heteroatoms. The molecule has 2 atom stereocenters. The number of hydrogen-bond acceptors (Lipinski definition) is 3. The third kappa shape index (κ3) is 1.97. The Hall–Kier alpha value is -1.83. The van der Waals surface area contributed by atoms with Gasteiger partial charge in [0.05, 0.1) is 24.1 Å². The largest absolute Gasteiger partial charge is 0.320 e. The topological polar surface area (TPSA) is 63.4 Å². The summed E-state index contributed by atoms with van der Waals surface area (Å²) in [6.07, 6.45) is 0. The van der Waals surface area contributed by atoms with Crippen molar-refractivity contribution in [3.63, 3.8) is 0 Å². The highest BCUT2D eigenvalue weighted by atomic mass is 35.5. The summed E-state index contributed by atoms with van der Waals surface area (Å²) in [6, 6.07) is 4.99. The number of amides is 2. The molecule has 0 aromatic heterocycles.